The summed E-state index contributed by atoms with van der Waals surface area (Å²) < 4.78 is 4.99. The zero-order valence-electron chi connectivity index (χ0n) is 10.6. The molecule has 1 saturated heterocycles. The van der Waals surface area contributed by atoms with Crippen molar-refractivity contribution in [1.29, 1.82) is 0 Å². The van der Waals surface area contributed by atoms with E-state index in [1.54, 1.807) is 0 Å². The first-order valence-electron chi connectivity index (χ1n) is 5.82. The summed E-state index contributed by atoms with van der Waals surface area (Å²) in [5, 5.41) is 2.60. The van der Waals surface area contributed by atoms with Crippen LogP contribution in [0.15, 0.2) is 0 Å². The van der Waals surface area contributed by atoms with Gasteiger partial charge in [0.15, 0.2) is 0 Å². The number of piperidine rings is 1. The Morgan fingerprint density at radius 1 is 1.61 bits per heavy atom. The van der Waals surface area contributed by atoms with Gasteiger partial charge < -0.3 is 15.8 Å². The van der Waals surface area contributed by atoms with Gasteiger partial charge in [0.25, 0.3) is 5.91 Å². The highest BCUT2D eigenvalue weighted by atomic mass is 16.5. The van der Waals surface area contributed by atoms with Gasteiger partial charge >= 0.3 is 0 Å². The van der Waals surface area contributed by atoms with Gasteiger partial charge in [-0.2, -0.15) is 0 Å². The molecule has 3 amide bonds. The van der Waals surface area contributed by atoms with E-state index in [2.05, 4.69) is 5.32 Å². The Hall–Kier alpha value is -1.47. The Bertz CT molecular complexity index is 341. The number of carbonyl (C=O) groups excluding carboxylic acids is 3. The Balaban J connectivity index is 2.49. The number of hydrogen-bond donors (Lipinski definition) is 2. The monoisotopic (exact) mass is 257 g/mol. The molecule has 2 atom stereocenters. The normalized spacial score (nSPS) is 21.9. The fourth-order valence-electron chi connectivity index (χ4n) is 1.77. The molecular weight excluding hydrogens is 238 g/mol. The van der Waals surface area contributed by atoms with Crippen LogP contribution in [0.1, 0.15) is 19.3 Å². The summed E-state index contributed by atoms with van der Waals surface area (Å²) in [6, 6.07) is -0.629. The second-order valence-electron chi connectivity index (χ2n) is 4.25. The lowest BCUT2D eigenvalue weighted by Gasteiger charge is -2.28. The van der Waals surface area contributed by atoms with Crippen LogP contribution in [0.25, 0.3) is 0 Å². The van der Waals surface area contributed by atoms with Crippen molar-refractivity contribution < 1.29 is 19.1 Å². The predicted octanol–water partition coefficient (Wildman–Crippen LogP) is -1.39. The lowest BCUT2D eigenvalue weighted by molar-refractivity contribution is -0.149. The third kappa shape index (κ3) is 3.51. The van der Waals surface area contributed by atoms with Crippen molar-refractivity contribution in [2.75, 3.05) is 20.7 Å². The molecule has 1 heterocycles. The molecule has 7 nitrogen and oxygen atoms in total. The van der Waals surface area contributed by atoms with Gasteiger partial charge in [-0.25, -0.2) is 0 Å². The largest absolute Gasteiger partial charge is 0.380 e. The number of nitrogens with two attached hydrogens (primary N) is 1. The number of likely N-dealkylation sites (tertiary alicyclic amines) is 1. The van der Waals surface area contributed by atoms with Crippen LogP contribution >= 0.6 is 0 Å². The Labute approximate surface area is 106 Å². The van der Waals surface area contributed by atoms with E-state index in [0.29, 0.717) is 6.42 Å². The van der Waals surface area contributed by atoms with E-state index in [-0.39, 0.29) is 43.2 Å². The van der Waals surface area contributed by atoms with Gasteiger partial charge in [0.2, 0.25) is 11.8 Å². The van der Waals surface area contributed by atoms with E-state index in [4.69, 9.17) is 10.5 Å². The van der Waals surface area contributed by atoms with Crippen molar-refractivity contribution in [3.63, 3.8) is 0 Å². The third-order valence-corrected chi connectivity index (χ3v) is 2.99. The number of imide groups is 1. The van der Waals surface area contributed by atoms with E-state index >= 15 is 0 Å². The number of nitrogens with zero attached hydrogens (tertiary/aromatic N) is 1. The van der Waals surface area contributed by atoms with Gasteiger partial charge in [0.05, 0.1) is 12.5 Å². The predicted molar refractivity (Wildman–Crippen MR) is 63.4 cm³/mol. The third-order valence-electron chi connectivity index (χ3n) is 2.99. The van der Waals surface area contributed by atoms with Crippen LogP contribution in [0, 0.1) is 0 Å². The molecule has 0 bridgehead atoms. The zero-order chi connectivity index (χ0) is 13.7. The summed E-state index contributed by atoms with van der Waals surface area (Å²) in [6.07, 6.45) is 0.350. The minimum absolute atomic E-state index is 0.106. The Kier molecular flexibility index (Phi) is 5.24. The molecule has 18 heavy (non-hydrogen) atoms. The second-order valence-corrected chi connectivity index (χ2v) is 4.25. The summed E-state index contributed by atoms with van der Waals surface area (Å²) >= 11 is 0. The molecular formula is C11H19N3O4. The van der Waals surface area contributed by atoms with Crippen LogP contribution in [0.5, 0.6) is 0 Å². The van der Waals surface area contributed by atoms with E-state index in [1.807, 2.05) is 0 Å². The molecule has 7 heteroatoms. The van der Waals surface area contributed by atoms with Gasteiger partial charge in [-0.1, -0.05) is 0 Å². The summed E-state index contributed by atoms with van der Waals surface area (Å²) in [6.45, 7) is 0.237. The standard InChI is InChI=1S/C11H19N3O4/c1-14-10(16)4-3-8(11(14)17)13-9(15)5-7(6-12)18-2/h7-8H,3-6,12H2,1-2H3,(H,13,15). The van der Waals surface area contributed by atoms with Crippen LogP contribution in [-0.2, 0) is 19.1 Å². The van der Waals surface area contributed by atoms with Crippen molar-refractivity contribution >= 4 is 17.7 Å². The molecule has 0 aromatic carbocycles. The summed E-state index contributed by atoms with van der Waals surface area (Å²) in [5.41, 5.74) is 5.41. The molecule has 1 fully saturated rings. The van der Waals surface area contributed by atoms with Gasteiger partial charge in [0.1, 0.15) is 6.04 Å². The molecule has 1 aliphatic rings. The highest BCUT2D eigenvalue weighted by molar-refractivity contribution is 6.01. The fraction of sp³-hybridized carbons (Fsp3) is 0.727. The van der Waals surface area contributed by atoms with Crippen LogP contribution in [0.3, 0.4) is 0 Å². The molecule has 0 aromatic heterocycles. The number of rotatable bonds is 5. The van der Waals surface area contributed by atoms with Gasteiger partial charge in [-0.15, -0.1) is 0 Å². The topological polar surface area (TPSA) is 102 Å². The molecule has 1 rings (SSSR count). The molecule has 0 aliphatic carbocycles. The number of methoxy groups -OCH3 is 1. The summed E-state index contributed by atoms with van der Waals surface area (Å²) in [7, 11) is 2.89. The number of hydrogen-bond acceptors (Lipinski definition) is 5. The number of nitrogens with one attached hydrogen (secondary N) is 1. The molecule has 102 valence electrons. The van der Waals surface area contributed by atoms with Crippen LogP contribution in [0.4, 0.5) is 0 Å². The molecule has 0 radical (unpaired) electrons. The molecule has 0 saturated carbocycles. The number of amides is 3. The van der Waals surface area contributed by atoms with E-state index in [0.717, 1.165) is 4.90 Å². The van der Waals surface area contributed by atoms with Crippen LogP contribution in [0.2, 0.25) is 0 Å². The van der Waals surface area contributed by atoms with Gasteiger partial charge in [-0.05, 0) is 6.42 Å². The quantitative estimate of drug-likeness (QED) is 0.591. The molecule has 0 spiro atoms. The highest BCUT2D eigenvalue weighted by Gasteiger charge is 2.32. The zero-order valence-corrected chi connectivity index (χ0v) is 10.6. The first-order valence-corrected chi connectivity index (χ1v) is 5.82. The minimum atomic E-state index is -0.629. The SMILES string of the molecule is COC(CN)CC(=O)NC1CCC(=O)N(C)C1=O. The van der Waals surface area contributed by atoms with Crippen LogP contribution in [-0.4, -0.2) is 55.5 Å². The first kappa shape index (κ1) is 14.6. The maximum absolute atomic E-state index is 11.7. The highest BCUT2D eigenvalue weighted by Crippen LogP contribution is 2.11. The molecule has 3 N–H and O–H groups in total. The smallest absolute Gasteiger partial charge is 0.251 e. The minimum Gasteiger partial charge on any atom is -0.380 e. The van der Waals surface area contributed by atoms with E-state index in [1.165, 1.54) is 14.2 Å². The summed E-state index contributed by atoms with van der Waals surface area (Å²) in [5.74, 6) is -0.892. The average Bonchev–Trinajstić information content (AvgIpc) is 2.36. The van der Waals surface area contributed by atoms with Crippen LogP contribution < -0.4 is 11.1 Å². The Morgan fingerprint density at radius 2 is 2.28 bits per heavy atom. The number of carbonyl (C=O) groups is 3. The lowest BCUT2D eigenvalue weighted by Crippen LogP contribution is -2.53. The van der Waals surface area contributed by atoms with Crippen molar-refractivity contribution in [3.05, 3.63) is 0 Å². The maximum Gasteiger partial charge on any atom is 0.251 e. The summed E-state index contributed by atoms with van der Waals surface area (Å²) in [4.78, 5) is 35.7. The van der Waals surface area contributed by atoms with Crippen molar-refractivity contribution in [3.8, 4) is 0 Å². The Morgan fingerprint density at radius 3 is 2.83 bits per heavy atom. The van der Waals surface area contributed by atoms with Crippen molar-refractivity contribution in [2.24, 2.45) is 5.73 Å². The number of likely N-dealkylation sites (N-methyl/N-ethyl adjacent to an activating group) is 1. The fourth-order valence-corrected chi connectivity index (χ4v) is 1.77. The molecule has 1 aliphatic heterocycles. The average molecular weight is 257 g/mol. The van der Waals surface area contributed by atoms with Crippen molar-refractivity contribution in [2.45, 2.75) is 31.4 Å². The first-order chi connectivity index (χ1) is 8.49. The van der Waals surface area contributed by atoms with Crippen molar-refractivity contribution in [1.82, 2.24) is 10.2 Å². The molecule has 2 unspecified atom stereocenters. The van der Waals surface area contributed by atoms with E-state index in [9.17, 15) is 14.4 Å². The van der Waals surface area contributed by atoms with Gasteiger partial charge in [0, 0.05) is 27.1 Å². The lowest BCUT2D eigenvalue weighted by atomic mass is 10.0. The second kappa shape index (κ2) is 6.46. The molecule has 0 aromatic rings. The van der Waals surface area contributed by atoms with E-state index < -0.39 is 6.04 Å². The van der Waals surface area contributed by atoms with Gasteiger partial charge in [-0.3, -0.25) is 19.3 Å². The number of ether oxygens (including phenoxy) is 1. The maximum atomic E-state index is 11.7.